The molecule has 0 spiro atoms. The molecule has 0 heterocycles. The average molecular weight is 232 g/mol. The molecular weight excluding hydrogens is 222 g/mol. The van der Waals surface area contributed by atoms with Crippen molar-refractivity contribution in [3.8, 4) is 16.9 Å². The highest BCUT2D eigenvalue weighted by atomic mass is 35.5. The summed E-state index contributed by atoms with van der Waals surface area (Å²) in [4.78, 5) is 0. The second-order valence-corrected chi connectivity index (χ2v) is 3.81. The number of benzene rings is 2. The van der Waals surface area contributed by atoms with E-state index < -0.39 is 0 Å². The molecule has 0 radical (unpaired) electrons. The van der Waals surface area contributed by atoms with Crippen molar-refractivity contribution in [2.24, 2.45) is 0 Å². The molecule has 0 fully saturated rings. The summed E-state index contributed by atoms with van der Waals surface area (Å²) in [6.45, 7) is 0. The fourth-order valence-electron chi connectivity index (χ4n) is 1.51. The second-order valence-electron chi connectivity index (χ2n) is 3.40. The molecule has 0 aliphatic carbocycles. The Morgan fingerprint density at radius 1 is 1.06 bits per heavy atom. The summed E-state index contributed by atoms with van der Waals surface area (Å²) in [5, 5.41) is 17.2. The minimum Gasteiger partial charge on any atom is -0.506 e. The molecule has 0 saturated heterocycles. The third kappa shape index (κ3) is 1.92. The van der Waals surface area contributed by atoms with Crippen LogP contribution in [0, 0.1) is 5.41 Å². The van der Waals surface area contributed by atoms with Gasteiger partial charge in [0, 0.05) is 11.8 Å². The van der Waals surface area contributed by atoms with E-state index in [1.807, 2.05) is 24.3 Å². The van der Waals surface area contributed by atoms with Crippen molar-refractivity contribution in [1.29, 1.82) is 5.41 Å². The Hall–Kier alpha value is -1.80. The lowest BCUT2D eigenvalue weighted by Crippen LogP contribution is -1.82. The van der Waals surface area contributed by atoms with Gasteiger partial charge in [-0.3, -0.25) is 0 Å². The predicted octanol–water partition coefficient (Wildman–Crippen LogP) is 3.71. The van der Waals surface area contributed by atoms with E-state index in [4.69, 9.17) is 17.0 Å². The normalized spacial score (nSPS) is 10.1. The van der Waals surface area contributed by atoms with Gasteiger partial charge in [-0.2, -0.15) is 0 Å². The van der Waals surface area contributed by atoms with Crippen LogP contribution in [0.5, 0.6) is 5.75 Å². The smallest absolute Gasteiger partial charge is 0.141 e. The van der Waals surface area contributed by atoms with Gasteiger partial charge in [-0.1, -0.05) is 48.0 Å². The van der Waals surface area contributed by atoms with Gasteiger partial charge in [-0.25, -0.2) is 0 Å². The van der Waals surface area contributed by atoms with Crippen LogP contribution in [0.2, 0.25) is 5.02 Å². The molecule has 0 aliphatic rings. The van der Waals surface area contributed by atoms with Crippen molar-refractivity contribution in [3.05, 3.63) is 53.1 Å². The molecule has 0 saturated carbocycles. The molecule has 2 aromatic rings. The highest BCUT2D eigenvalue weighted by Gasteiger charge is 2.06. The van der Waals surface area contributed by atoms with Crippen molar-refractivity contribution in [2.45, 2.75) is 0 Å². The number of hydrogen-bond acceptors (Lipinski definition) is 2. The van der Waals surface area contributed by atoms with Gasteiger partial charge in [-0.15, -0.1) is 0 Å². The van der Waals surface area contributed by atoms with Crippen LogP contribution >= 0.6 is 11.6 Å². The Bertz CT molecular complexity index is 520. The molecule has 2 N–H and O–H groups in total. The Balaban J connectivity index is 2.50. The van der Waals surface area contributed by atoms with E-state index in [-0.39, 0.29) is 5.75 Å². The average Bonchev–Trinajstić information content (AvgIpc) is 2.33. The van der Waals surface area contributed by atoms with E-state index in [0.717, 1.165) is 11.1 Å². The first-order valence-corrected chi connectivity index (χ1v) is 5.18. The number of nitrogens with one attached hydrogen (secondary N) is 1. The molecule has 16 heavy (non-hydrogen) atoms. The lowest BCUT2D eigenvalue weighted by molar-refractivity contribution is 0.477. The highest BCUT2D eigenvalue weighted by molar-refractivity contribution is 6.32. The van der Waals surface area contributed by atoms with Crippen molar-refractivity contribution in [3.63, 3.8) is 0 Å². The van der Waals surface area contributed by atoms with Gasteiger partial charge in [0.2, 0.25) is 0 Å². The van der Waals surface area contributed by atoms with Gasteiger partial charge in [0.05, 0.1) is 5.02 Å². The number of phenols is 1. The summed E-state index contributed by atoms with van der Waals surface area (Å²) in [5.41, 5.74) is 2.40. The van der Waals surface area contributed by atoms with E-state index >= 15 is 0 Å². The Morgan fingerprint density at radius 2 is 1.75 bits per heavy atom. The van der Waals surface area contributed by atoms with E-state index in [2.05, 4.69) is 0 Å². The zero-order chi connectivity index (χ0) is 11.5. The van der Waals surface area contributed by atoms with Crippen LogP contribution in [0.4, 0.5) is 0 Å². The Labute approximate surface area is 98.6 Å². The summed E-state index contributed by atoms with van der Waals surface area (Å²) in [6.07, 6.45) is 1.28. The zero-order valence-corrected chi connectivity index (χ0v) is 9.20. The summed E-state index contributed by atoms with van der Waals surface area (Å²) in [6, 6.07) is 12.6. The van der Waals surface area contributed by atoms with E-state index in [1.165, 1.54) is 6.21 Å². The van der Waals surface area contributed by atoms with Crippen molar-refractivity contribution in [2.75, 3.05) is 0 Å². The van der Waals surface area contributed by atoms with Crippen LogP contribution in [0.1, 0.15) is 5.56 Å². The molecule has 0 atom stereocenters. The molecular formula is C13H10ClNO. The fraction of sp³-hybridized carbons (Fsp3) is 0. The maximum atomic E-state index is 9.80. The molecule has 2 rings (SSSR count). The highest BCUT2D eigenvalue weighted by Crippen LogP contribution is 2.34. The fourth-order valence-corrected chi connectivity index (χ4v) is 1.68. The third-order valence-corrected chi connectivity index (χ3v) is 2.68. The minimum atomic E-state index is 0.0896. The zero-order valence-electron chi connectivity index (χ0n) is 8.44. The molecule has 2 aromatic carbocycles. The van der Waals surface area contributed by atoms with E-state index in [9.17, 15) is 5.11 Å². The topological polar surface area (TPSA) is 44.1 Å². The first-order valence-electron chi connectivity index (χ1n) is 4.81. The van der Waals surface area contributed by atoms with Crippen molar-refractivity contribution in [1.82, 2.24) is 0 Å². The first kappa shape index (κ1) is 10.7. The standard InChI is InChI=1S/C13H10ClNO/c14-12-3-1-2-11(13(12)16)10-6-4-9(8-15)5-7-10/h1-8,15-16H. The molecule has 3 heteroatoms. The maximum absolute atomic E-state index is 9.80. The lowest BCUT2D eigenvalue weighted by atomic mass is 10.0. The third-order valence-electron chi connectivity index (χ3n) is 2.38. The molecule has 80 valence electrons. The van der Waals surface area contributed by atoms with Crippen molar-refractivity contribution < 1.29 is 5.11 Å². The predicted molar refractivity (Wildman–Crippen MR) is 66.4 cm³/mol. The van der Waals surface area contributed by atoms with E-state index in [1.54, 1.807) is 18.2 Å². The summed E-state index contributed by atoms with van der Waals surface area (Å²) in [7, 11) is 0. The minimum absolute atomic E-state index is 0.0896. The van der Waals surface area contributed by atoms with E-state index in [0.29, 0.717) is 10.6 Å². The first-order chi connectivity index (χ1) is 7.72. The molecule has 0 aliphatic heterocycles. The summed E-state index contributed by atoms with van der Waals surface area (Å²) in [5.74, 6) is 0.0896. The quantitative estimate of drug-likeness (QED) is 0.761. The molecule has 0 amide bonds. The van der Waals surface area contributed by atoms with Gasteiger partial charge >= 0.3 is 0 Å². The summed E-state index contributed by atoms with van der Waals surface area (Å²) >= 11 is 5.84. The monoisotopic (exact) mass is 231 g/mol. The second kappa shape index (κ2) is 4.37. The number of para-hydroxylation sites is 1. The van der Waals surface area contributed by atoms with Gasteiger partial charge in [0.25, 0.3) is 0 Å². The lowest BCUT2D eigenvalue weighted by Gasteiger charge is -2.06. The van der Waals surface area contributed by atoms with Crippen LogP contribution < -0.4 is 0 Å². The van der Waals surface area contributed by atoms with Gasteiger partial charge in [0.15, 0.2) is 0 Å². The molecule has 0 aromatic heterocycles. The van der Waals surface area contributed by atoms with Crippen LogP contribution in [0.25, 0.3) is 11.1 Å². The number of halogens is 1. The van der Waals surface area contributed by atoms with Gasteiger partial charge in [-0.05, 0) is 17.2 Å². The molecule has 2 nitrogen and oxygen atoms in total. The number of hydrogen-bond donors (Lipinski definition) is 2. The molecule has 0 unspecified atom stereocenters. The molecule has 0 bridgehead atoms. The van der Waals surface area contributed by atoms with Gasteiger partial charge in [0.1, 0.15) is 5.75 Å². The van der Waals surface area contributed by atoms with Crippen LogP contribution in [0.3, 0.4) is 0 Å². The summed E-state index contributed by atoms with van der Waals surface area (Å²) < 4.78 is 0. The Morgan fingerprint density at radius 3 is 2.38 bits per heavy atom. The van der Waals surface area contributed by atoms with Gasteiger partial charge < -0.3 is 10.5 Å². The van der Waals surface area contributed by atoms with Crippen LogP contribution in [-0.4, -0.2) is 11.3 Å². The Kier molecular flexibility index (Phi) is 2.93. The maximum Gasteiger partial charge on any atom is 0.141 e. The number of aromatic hydroxyl groups is 1. The SMILES string of the molecule is N=Cc1ccc(-c2cccc(Cl)c2O)cc1. The van der Waals surface area contributed by atoms with Crippen LogP contribution in [0.15, 0.2) is 42.5 Å². The largest absolute Gasteiger partial charge is 0.506 e. The number of rotatable bonds is 2. The van der Waals surface area contributed by atoms with Crippen LogP contribution in [-0.2, 0) is 0 Å². The van der Waals surface area contributed by atoms with Crippen molar-refractivity contribution >= 4 is 17.8 Å². The number of phenolic OH excluding ortho intramolecular Hbond substituents is 1.